The third-order valence-corrected chi connectivity index (χ3v) is 4.33. The zero-order valence-electron chi connectivity index (χ0n) is 11.6. The van der Waals surface area contributed by atoms with Gasteiger partial charge >= 0.3 is 16.2 Å². The summed E-state index contributed by atoms with van der Waals surface area (Å²) in [6.45, 7) is 3.54. The smallest absolute Gasteiger partial charge is 0.328 e. The average molecular weight is 298 g/mol. The second-order valence-electron chi connectivity index (χ2n) is 4.51. The Morgan fingerprint density at radius 3 is 2.60 bits per heavy atom. The van der Waals surface area contributed by atoms with Gasteiger partial charge in [-0.2, -0.15) is 12.7 Å². The van der Waals surface area contributed by atoms with E-state index in [1.165, 1.54) is 17.4 Å². The Kier molecular flexibility index (Phi) is 5.29. The number of carboxylic acids is 1. The van der Waals surface area contributed by atoms with Gasteiger partial charge in [-0.05, 0) is 37.6 Å². The SMILES string of the molecule is CC(C)N(C)S(=O)(=O)Nc1cccc(C=CC(=O)O)c1. The lowest BCUT2D eigenvalue weighted by Gasteiger charge is -2.21. The number of aliphatic carboxylic acids is 1. The maximum absolute atomic E-state index is 12.0. The van der Waals surface area contributed by atoms with Crippen LogP contribution in [0.4, 0.5) is 5.69 Å². The van der Waals surface area contributed by atoms with Gasteiger partial charge in [0.25, 0.3) is 0 Å². The van der Waals surface area contributed by atoms with Gasteiger partial charge in [0.15, 0.2) is 0 Å². The average Bonchev–Trinajstić information content (AvgIpc) is 2.35. The number of anilines is 1. The van der Waals surface area contributed by atoms with E-state index in [9.17, 15) is 13.2 Å². The molecule has 1 rings (SSSR count). The molecule has 0 radical (unpaired) electrons. The number of carboxylic acid groups (broad SMARTS) is 1. The molecule has 0 aromatic heterocycles. The maximum Gasteiger partial charge on any atom is 0.328 e. The van der Waals surface area contributed by atoms with E-state index in [-0.39, 0.29) is 6.04 Å². The molecule has 7 heteroatoms. The lowest BCUT2D eigenvalue weighted by molar-refractivity contribution is -0.131. The van der Waals surface area contributed by atoms with Crippen LogP contribution in [-0.4, -0.2) is 36.9 Å². The zero-order valence-corrected chi connectivity index (χ0v) is 12.4. The topological polar surface area (TPSA) is 86.7 Å². The predicted octanol–water partition coefficient (Wildman–Crippen LogP) is 1.78. The van der Waals surface area contributed by atoms with Gasteiger partial charge in [-0.1, -0.05) is 12.1 Å². The molecule has 110 valence electrons. The monoisotopic (exact) mass is 298 g/mol. The first kappa shape index (κ1) is 16.2. The van der Waals surface area contributed by atoms with Gasteiger partial charge in [0, 0.05) is 19.2 Å². The van der Waals surface area contributed by atoms with Crippen LogP contribution in [0.5, 0.6) is 0 Å². The first-order valence-electron chi connectivity index (χ1n) is 5.99. The van der Waals surface area contributed by atoms with Gasteiger partial charge in [-0.3, -0.25) is 4.72 Å². The Balaban J connectivity index is 2.94. The van der Waals surface area contributed by atoms with E-state index in [0.717, 1.165) is 6.08 Å². The van der Waals surface area contributed by atoms with Crippen LogP contribution in [0, 0.1) is 0 Å². The Morgan fingerprint density at radius 1 is 1.40 bits per heavy atom. The van der Waals surface area contributed by atoms with Crippen LogP contribution in [0.3, 0.4) is 0 Å². The molecule has 6 nitrogen and oxygen atoms in total. The minimum atomic E-state index is -3.62. The van der Waals surface area contributed by atoms with Crippen molar-refractivity contribution in [3.05, 3.63) is 35.9 Å². The van der Waals surface area contributed by atoms with Gasteiger partial charge in [0.1, 0.15) is 0 Å². The minimum absolute atomic E-state index is 0.164. The molecule has 0 atom stereocenters. The largest absolute Gasteiger partial charge is 0.478 e. The van der Waals surface area contributed by atoms with Gasteiger partial charge in [-0.15, -0.1) is 0 Å². The summed E-state index contributed by atoms with van der Waals surface area (Å²) in [6, 6.07) is 6.33. The van der Waals surface area contributed by atoms with Crippen molar-refractivity contribution in [3.8, 4) is 0 Å². The van der Waals surface area contributed by atoms with E-state index >= 15 is 0 Å². The third kappa shape index (κ3) is 4.67. The predicted molar refractivity (Wildman–Crippen MR) is 78.6 cm³/mol. The maximum atomic E-state index is 12.0. The molecule has 0 aliphatic heterocycles. The van der Waals surface area contributed by atoms with Crippen LogP contribution in [0.1, 0.15) is 19.4 Å². The van der Waals surface area contributed by atoms with Crippen LogP contribution in [0.25, 0.3) is 6.08 Å². The van der Waals surface area contributed by atoms with E-state index in [1.54, 1.807) is 38.1 Å². The fraction of sp³-hybridized carbons (Fsp3) is 0.308. The van der Waals surface area contributed by atoms with Crippen molar-refractivity contribution in [3.63, 3.8) is 0 Å². The van der Waals surface area contributed by atoms with Crippen molar-refractivity contribution in [2.45, 2.75) is 19.9 Å². The van der Waals surface area contributed by atoms with Crippen LogP contribution < -0.4 is 4.72 Å². The quantitative estimate of drug-likeness (QED) is 0.784. The summed E-state index contributed by atoms with van der Waals surface area (Å²) in [4.78, 5) is 10.4. The first-order valence-corrected chi connectivity index (χ1v) is 7.43. The Hall–Kier alpha value is -1.86. The van der Waals surface area contributed by atoms with Gasteiger partial charge < -0.3 is 5.11 Å². The van der Waals surface area contributed by atoms with Crippen molar-refractivity contribution < 1.29 is 18.3 Å². The van der Waals surface area contributed by atoms with Crippen LogP contribution >= 0.6 is 0 Å². The van der Waals surface area contributed by atoms with Crippen LogP contribution in [0.15, 0.2) is 30.3 Å². The Bertz CT molecular complexity index is 609. The molecule has 0 bridgehead atoms. The van der Waals surface area contributed by atoms with Crippen molar-refractivity contribution in [2.24, 2.45) is 0 Å². The van der Waals surface area contributed by atoms with E-state index in [2.05, 4.69) is 4.72 Å². The summed E-state index contributed by atoms with van der Waals surface area (Å²) in [5.74, 6) is -1.06. The molecule has 1 aromatic rings. The fourth-order valence-electron chi connectivity index (χ4n) is 1.37. The number of nitrogens with zero attached hydrogens (tertiary/aromatic N) is 1. The molecule has 0 saturated carbocycles. The summed E-state index contributed by atoms with van der Waals surface area (Å²) in [7, 11) is -2.13. The molecule has 0 fully saturated rings. The Morgan fingerprint density at radius 2 is 2.05 bits per heavy atom. The molecule has 2 N–H and O–H groups in total. The number of hydrogen-bond acceptors (Lipinski definition) is 3. The van der Waals surface area contributed by atoms with Gasteiger partial charge in [0.05, 0.1) is 5.69 Å². The molecule has 0 aliphatic rings. The lowest BCUT2D eigenvalue weighted by Crippen LogP contribution is -2.37. The number of rotatable bonds is 6. The summed E-state index contributed by atoms with van der Waals surface area (Å²) >= 11 is 0. The van der Waals surface area contributed by atoms with Crippen molar-refractivity contribution in [1.29, 1.82) is 0 Å². The van der Waals surface area contributed by atoms with E-state index in [0.29, 0.717) is 11.3 Å². The molecule has 0 spiro atoms. The van der Waals surface area contributed by atoms with Crippen molar-refractivity contribution >= 4 is 27.9 Å². The standard InChI is InChI=1S/C13H18N2O4S/c1-10(2)15(3)20(18,19)14-12-6-4-5-11(9-12)7-8-13(16)17/h4-10,14H,1-3H3,(H,16,17). The van der Waals surface area contributed by atoms with Gasteiger partial charge in [0.2, 0.25) is 0 Å². The second kappa shape index (κ2) is 6.53. The van der Waals surface area contributed by atoms with E-state index in [1.807, 2.05) is 0 Å². The number of nitrogens with one attached hydrogen (secondary N) is 1. The van der Waals surface area contributed by atoms with Crippen molar-refractivity contribution in [1.82, 2.24) is 4.31 Å². The molecule has 0 unspecified atom stereocenters. The Labute approximate surface area is 118 Å². The summed E-state index contributed by atoms with van der Waals surface area (Å²) in [6.07, 6.45) is 2.39. The highest BCUT2D eigenvalue weighted by molar-refractivity contribution is 7.90. The molecular weight excluding hydrogens is 280 g/mol. The minimum Gasteiger partial charge on any atom is -0.478 e. The molecule has 0 heterocycles. The molecule has 20 heavy (non-hydrogen) atoms. The molecule has 0 aliphatic carbocycles. The van der Waals surface area contributed by atoms with E-state index < -0.39 is 16.2 Å². The highest BCUT2D eigenvalue weighted by Crippen LogP contribution is 2.15. The zero-order chi connectivity index (χ0) is 15.3. The van der Waals surface area contributed by atoms with Crippen LogP contribution in [0.2, 0.25) is 0 Å². The fourth-order valence-corrected chi connectivity index (χ4v) is 2.50. The van der Waals surface area contributed by atoms with E-state index in [4.69, 9.17) is 5.11 Å². The highest BCUT2D eigenvalue weighted by atomic mass is 32.2. The number of hydrogen-bond donors (Lipinski definition) is 2. The van der Waals surface area contributed by atoms with Gasteiger partial charge in [-0.25, -0.2) is 4.79 Å². The lowest BCUT2D eigenvalue weighted by atomic mass is 10.2. The molecule has 0 amide bonds. The number of benzene rings is 1. The first-order chi connectivity index (χ1) is 9.22. The molecule has 0 saturated heterocycles. The molecule has 1 aromatic carbocycles. The summed E-state index contributed by atoms with van der Waals surface area (Å²) < 4.78 is 27.7. The number of carbonyl (C=O) groups is 1. The van der Waals surface area contributed by atoms with Crippen molar-refractivity contribution in [2.75, 3.05) is 11.8 Å². The third-order valence-electron chi connectivity index (χ3n) is 2.66. The summed E-state index contributed by atoms with van der Waals surface area (Å²) in [5.41, 5.74) is 0.977. The summed E-state index contributed by atoms with van der Waals surface area (Å²) in [5, 5.41) is 8.56. The van der Waals surface area contributed by atoms with Crippen LogP contribution in [-0.2, 0) is 15.0 Å². The molecular formula is C13H18N2O4S. The normalized spacial score (nSPS) is 12.2. The highest BCUT2D eigenvalue weighted by Gasteiger charge is 2.20. The second-order valence-corrected chi connectivity index (χ2v) is 6.24.